The van der Waals surface area contributed by atoms with Crippen LogP contribution in [0.15, 0.2) is 24.5 Å². The first-order chi connectivity index (χ1) is 12.1. The Hall–Kier alpha value is -2.61. The van der Waals surface area contributed by atoms with Crippen molar-refractivity contribution >= 4 is 23.2 Å². The minimum atomic E-state index is -0.0862. The van der Waals surface area contributed by atoms with Gasteiger partial charge in [0.05, 0.1) is 5.69 Å². The Morgan fingerprint density at radius 1 is 1.32 bits per heavy atom. The number of anilines is 1. The average Bonchev–Trinajstić information content (AvgIpc) is 3.17. The first-order valence-electron chi connectivity index (χ1n) is 8.17. The fourth-order valence-corrected chi connectivity index (χ4v) is 4.16. The molecule has 0 radical (unpaired) electrons. The number of carbonyl (C=O) groups is 1. The second-order valence-corrected chi connectivity index (χ2v) is 7.24. The van der Waals surface area contributed by atoms with Gasteiger partial charge in [0.2, 0.25) is 11.9 Å². The van der Waals surface area contributed by atoms with Crippen LogP contribution in [-0.4, -0.2) is 30.6 Å². The zero-order valence-corrected chi connectivity index (χ0v) is 14.9. The normalized spacial score (nSPS) is 16.5. The molecule has 1 N–H and O–H groups in total. The van der Waals surface area contributed by atoms with E-state index in [4.69, 9.17) is 4.98 Å². The van der Waals surface area contributed by atoms with Crippen LogP contribution in [0.1, 0.15) is 22.8 Å². The summed E-state index contributed by atoms with van der Waals surface area (Å²) in [5.74, 6) is 1.03. The van der Waals surface area contributed by atoms with E-state index in [0.29, 0.717) is 18.2 Å². The Balaban J connectivity index is 1.50. The van der Waals surface area contributed by atoms with Gasteiger partial charge in [-0.05, 0) is 31.9 Å². The Morgan fingerprint density at radius 2 is 2.12 bits per heavy atom. The van der Waals surface area contributed by atoms with E-state index in [1.807, 2.05) is 12.1 Å². The lowest BCUT2D eigenvalue weighted by Crippen LogP contribution is -2.29. The molecule has 0 bridgehead atoms. The topological polar surface area (TPSA) is 85.6 Å². The Bertz CT molecular complexity index is 917. The summed E-state index contributed by atoms with van der Waals surface area (Å²) < 4.78 is 1.59. The monoisotopic (exact) mass is 354 g/mol. The number of nitrogens with zero attached hydrogens (tertiary/aromatic N) is 5. The molecule has 0 spiro atoms. The van der Waals surface area contributed by atoms with Crippen molar-refractivity contribution in [2.45, 2.75) is 26.2 Å². The molecule has 3 heterocycles. The molecule has 128 valence electrons. The van der Waals surface area contributed by atoms with Crippen molar-refractivity contribution in [3.8, 4) is 10.6 Å². The highest BCUT2D eigenvalue weighted by atomic mass is 32.1. The molecule has 1 aliphatic carbocycles. The molecular formula is C17H18N6OS. The van der Waals surface area contributed by atoms with Crippen LogP contribution in [0.3, 0.4) is 0 Å². The second kappa shape index (κ2) is 6.36. The predicted molar refractivity (Wildman–Crippen MR) is 95.2 cm³/mol. The van der Waals surface area contributed by atoms with E-state index in [-0.39, 0.29) is 11.8 Å². The highest BCUT2D eigenvalue weighted by molar-refractivity contribution is 7.15. The van der Waals surface area contributed by atoms with Crippen molar-refractivity contribution in [2.24, 2.45) is 13.0 Å². The van der Waals surface area contributed by atoms with Gasteiger partial charge >= 0.3 is 0 Å². The number of pyridine rings is 1. The first-order valence-corrected chi connectivity index (χ1v) is 8.99. The molecule has 1 unspecified atom stereocenters. The largest absolute Gasteiger partial charge is 0.294 e. The van der Waals surface area contributed by atoms with E-state index < -0.39 is 0 Å². The summed E-state index contributed by atoms with van der Waals surface area (Å²) in [5.41, 5.74) is 2.11. The molecular weight excluding hydrogens is 336 g/mol. The predicted octanol–water partition coefficient (Wildman–Crippen LogP) is 2.39. The van der Waals surface area contributed by atoms with Crippen molar-refractivity contribution in [1.82, 2.24) is 24.7 Å². The van der Waals surface area contributed by atoms with Gasteiger partial charge < -0.3 is 0 Å². The molecule has 3 aromatic heterocycles. The van der Waals surface area contributed by atoms with Crippen LogP contribution in [0.2, 0.25) is 0 Å². The summed E-state index contributed by atoms with van der Waals surface area (Å²) in [5, 5.41) is 8.04. The third kappa shape index (κ3) is 3.17. The van der Waals surface area contributed by atoms with Gasteiger partial charge in [-0.15, -0.1) is 11.3 Å². The third-order valence-electron chi connectivity index (χ3n) is 4.34. The van der Waals surface area contributed by atoms with Crippen LogP contribution in [-0.2, 0) is 24.7 Å². The van der Waals surface area contributed by atoms with Gasteiger partial charge in [-0.25, -0.2) is 9.67 Å². The summed E-state index contributed by atoms with van der Waals surface area (Å²) in [6.07, 6.45) is 5.92. The van der Waals surface area contributed by atoms with Crippen molar-refractivity contribution in [3.63, 3.8) is 0 Å². The fourth-order valence-electron chi connectivity index (χ4n) is 3.05. The second-order valence-electron chi connectivity index (χ2n) is 6.16. The summed E-state index contributed by atoms with van der Waals surface area (Å²) in [6, 6.07) is 3.93. The minimum absolute atomic E-state index is 0.0142. The van der Waals surface area contributed by atoms with E-state index in [0.717, 1.165) is 29.1 Å². The number of hydrogen-bond donors (Lipinski definition) is 1. The first kappa shape index (κ1) is 15.9. The van der Waals surface area contributed by atoms with Gasteiger partial charge in [0.1, 0.15) is 10.8 Å². The number of nitrogens with one attached hydrogen (secondary N) is 1. The summed E-state index contributed by atoms with van der Waals surface area (Å²) in [7, 11) is 1.77. The lowest BCUT2D eigenvalue weighted by molar-refractivity contribution is -0.120. The maximum Gasteiger partial charge on any atom is 0.230 e. The maximum atomic E-state index is 12.6. The van der Waals surface area contributed by atoms with Crippen LogP contribution in [0, 0.1) is 12.8 Å². The van der Waals surface area contributed by atoms with E-state index in [9.17, 15) is 4.79 Å². The Kier molecular flexibility index (Phi) is 4.04. The third-order valence-corrected chi connectivity index (χ3v) is 5.55. The van der Waals surface area contributed by atoms with E-state index in [2.05, 4.69) is 20.4 Å². The maximum absolute atomic E-state index is 12.6. The molecule has 1 amide bonds. The molecule has 0 fully saturated rings. The average molecular weight is 354 g/mol. The highest BCUT2D eigenvalue weighted by Gasteiger charge is 2.28. The molecule has 4 rings (SSSR count). The number of hydrogen-bond acceptors (Lipinski definition) is 6. The quantitative estimate of drug-likeness (QED) is 0.780. The number of amides is 1. The molecule has 7 nitrogen and oxygen atoms in total. The van der Waals surface area contributed by atoms with Gasteiger partial charge in [-0.1, -0.05) is 0 Å². The standard InChI is InChI=1S/C17H18N6OS/c1-10-19-17(23(2)22-10)21-15(24)12-3-4-14-13(9-12)20-16(25-14)11-5-7-18-8-6-11/h5-8,12H,3-4,9H2,1-2H3,(H,19,21,22,24). The lowest BCUT2D eigenvalue weighted by Gasteiger charge is -2.19. The van der Waals surface area contributed by atoms with Crippen molar-refractivity contribution in [3.05, 3.63) is 40.9 Å². The summed E-state index contributed by atoms with van der Waals surface area (Å²) in [4.78, 5) is 26.9. The van der Waals surface area contributed by atoms with Crippen molar-refractivity contribution in [1.29, 1.82) is 0 Å². The number of rotatable bonds is 3. The molecule has 3 aromatic rings. The zero-order valence-electron chi connectivity index (χ0n) is 14.1. The van der Waals surface area contributed by atoms with E-state index >= 15 is 0 Å². The Labute approximate surface area is 149 Å². The van der Waals surface area contributed by atoms with Crippen LogP contribution in [0.4, 0.5) is 5.95 Å². The van der Waals surface area contributed by atoms with Gasteiger partial charge in [0, 0.05) is 42.2 Å². The van der Waals surface area contributed by atoms with Gasteiger partial charge in [-0.2, -0.15) is 10.1 Å². The van der Waals surface area contributed by atoms with Gasteiger partial charge in [-0.3, -0.25) is 15.1 Å². The zero-order chi connectivity index (χ0) is 17.4. The molecule has 0 aliphatic heterocycles. The molecule has 8 heteroatoms. The molecule has 25 heavy (non-hydrogen) atoms. The lowest BCUT2D eigenvalue weighted by atomic mass is 9.90. The highest BCUT2D eigenvalue weighted by Crippen LogP contribution is 2.34. The van der Waals surface area contributed by atoms with Crippen LogP contribution in [0.5, 0.6) is 0 Å². The summed E-state index contributed by atoms with van der Waals surface area (Å²) in [6.45, 7) is 1.80. The number of fused-ring (bicyclic) bond motifs is 1. The smallest absolute Gasteiger partial charge is 0.230 e. The number of thiazole rings is 1. The number of aromatic nitrogens is 5. The van der Waals surface area contributed by atoms with Gasteiger partial charge in [0.15, 0.2) is 0 Å². The molecule has 0 saturated carbocycles. The molecule has 0 aromatic carbocycles. The van der Waals surface area contributed by atoms with Crippen molar-refractivity contribution < 1.29 is 4.79 Å². The number of aryl methyl sites for hydroxylation is 3. The Morgan fingerprint density at radius 3 is 2.84 bits per heavy atom. The van der Waals surface area contributed by atoms with Crippen molar-refractivity contribution in [2.75, 3.05) is 5.32 Å². The van der Waals surface area contributed by atoms with E-state index in [1.165, 1.54) is 4.88 Å². The number of carbonyl (C=O) groups excluding carboxylic acids is 1. The van der Waals surface area contributed by atoms with E-state index in [1.54, 1.807) is 42.4 Å². The van der Waals surface area contributed by atoms with Crippen LogP contribution in [0.25, 0.3) is 10.6 Å². The fraction of sp³-hybridized carbons (Fsp3) is 0.353. The molecule has 1 atom stereocenters. The molecule has 0 saturated heterocycles. The van der Waals surface area contributed by atoms with Gasteiger partial charge in [0.25, 0.3) is 0 Å². The minimum Gasteiger partial charge on any atom is -0.294 e. The van der Waals surface area contributed by atoms with Crippen LogP contribution >= 0.6 is 11.3 Å². The molecule has 1 aliphatic rings. The van der Waals surface area contributed by atoms with Crippen LogP contribution < -0.4 is 5.32 Å². The summed E-state index contributed by atoms with van der Waals surface area (Å²) >= 11 is 1.71. The SMILES string of the molecule is Cc1nc(NC(=O)C2CCc3sc(-c4ccncc4)nc3C2)n(C)n1.